The van der Waals surface area contributed by atoms with Crippen LogP contribution >= 0.6 is 0 Å². The zero-order valence-corrected chi connectivity index (χ0v) is 15.6. The Morgan fingerprint density at radius 2 is 2.04 bits per heavy atom. The Labute approximate surface area is 153 Å². The van der Waals surface area contributed by atoms with Gasteiger partial charge in [0.1, 0.15) is 11.6 Å². The molecule has 0 spiro atoms. The first-order valence-corrected chi connectivity index (χ1v) is 10.3. The average Bonchev–Trinajstić information content (AvgIpc) is 2.62. The zero-order valence-electron chi connectivity index (χ0n) is 14.8. The van der Waals surface area contributed by atoms with E-state index in [0.717, 1.165) is 24.3 Å². The van der Waals surface area contributed by atoms with Crippen LogP contribution in [-0.2, 0) is 15.8 Å². The van der Waals surface area contributed by atoms with Crippen molar-refractivity contribution in [3.05, 3.63) is 59.7 Å². The molecule has 5 nitrogen and oxygen atoms in total. The van der Waals surface area contributed by atoms with Gasteiger partial charge in [-0.3, -0.25) is 4.98 Å². The largest absolute Gasteiger partial charge is 0.493 e. The Kier molecular flexibility index (Phi) is 5.88. The number of benzene rings is 1. The fraction of sp³-hybridized carbons (Fsp3) is 0.421. The Morgan fingerprint density at radius 1 is 1.27 bits per heavy atom. The highest BCUT2D eigenvalue weighted by Gasteiger charge is 2.29. The van der Waals surface area contributed by atoms with Gasteiger partial charge < -0.3 is 4.74 Å². The fourth-order valence-electron chi connectivity index (χ4n) is 3.12. The maximum absolute atomic E-state index is 13.0. The normalized spacial score (nSPS) is 18.6. The van der Waals surface area contributed by atoms with Crippen molar-refractivity contribution in [2.45, 2.75) is 25.5 Å². The Morgan fingerprint density at radius 3 is 2.77 bits per heavy atom. The van der Waals surface area contributed by atoms with Crippen molar-refractivity contribution in [1.29, 1.82) is 0 Å². The number of aromatic nitrogens is 1. The smallest absolute Gasteiger partial charge is 0.218 e. The first kappa shape index (κ1) is 18.8. The van der Waals surface area contributed by atoms with E-state index in [1.807, 2.05) is 13.0 Å². The van der Waals surface area contributed by atoms with Crippen molar-refractivity contribution in [2.75, 3.05) is 19.7 Å². The first-order chi connectivity index (χ1) is 12.4. The molecule has 0 radical (unpaired) electrons. The van der Waals surface area contributed by atoms with E-state index < -0.39 is 10.0 Å². The molecule has 140 valence electrons. The van der Waals surface area contributed by atoms with Gasteiger partial charge >= 0.3 is 0 Å². The number of nitrogens with zero attached hydrogens (tertiary/aromatic N) is 2. The molecule has 3 rings (SSSR count). The van der Waals surface area contributed by atoms with E-state index >= 15 is 0 Å². The SMILES string of the molecule is Cc1cc(OCC2CCCN(S(=O)(=O)Cc3ccc(F)cc3)C2)ccn1. The zero-order chi connectivity index (χ0) is 18.6. The topological polar surface area (TPSA) is 59.5 Å². The van der Waals surface area contributed by atoms with Crippen molar-refractivity contribution in [1.82, 2.24) is 9.29 Å². The third kappa shape index (κ3) is 5.02. The molecule has 0 N–H and O–H groups in total. The van der Waals surface area contributed by atoms with Crippen LogP contribution < -0.4 is 4.74 Å². The number of sulfonamides is 1. The minimum atomic E-state index is -3.43. The van der Waals surface area contributed by atoms with Crippen LogP contribution in [0.3, 0.4) is 0 Å². The number of hydrogen-bond acceptors (Lipinski definition) is 4. The summed E-state index contributed by atoms with van der Waals surface area (Å²) in [6, 6.07) is 9.28. The third-order valence-corrected chi connectivity index (χ3v) is 6.31. The molecule has 1 aromatic heterocycles. The number of pyridine rings is 1. The summed E-state index contributed by atoms with van der Waals surface area (Å²) in [5, 5.41) is 0. The van der Waals surface area contributed by atoms with E-state index in [1.165, 1.54) is 28.6 Å². The van der Waals surface area contributed by atoms with E-state index in [0.29, 0.717) is 25.3 Å². The molecule has 1 aliphatic rings. The molecule has 1 atom stereocenters. The van der Waals surface area contributed by atoms with Crippen LogP contribution in [0.4, 0.5) is 4.39 Å². The van der Waals surface area contributed by atoms with Crippen molar-refractivity contribution >= 4 is 10.0 Å². The number of ether oxygens (including phenoxy) is 1. The van der Waals surface area contributed by atoms with Crippen LogP contribution in [-0.4, -0.2) is 37.4 Å². The standard InChI is InChI=1S/C19H23FN2O3S/c1-15-11-19(8-9-21-15)25-13-17-3-2-10-22(12-17)26(23,24)14-16-4-6-18(20)7-5-16/h4-9,11,17H,2-3,10,12-14H2,1H3. The highest BCUT2D eigenvalue weighted by atomic mass is 32.2. The molecule has 0 saturated carbocycles. The molecule has 2 aromatic rings. The summed E-state index contributed by atoms with van der Waals surface area (Å²) >= 11 is 0. The van der Waals surface area contributed by atoms with Crippen molar-refractivity contribution in [3.63, 3.8) is 0 Å². The van der Waals surface area contributed by atoms with Gasteiger partial charge in [0, 0.05) is 37.0 Å². The lowest BCUT2D eigenvalue weighted by atomic mass is 10.0. The van der Waals surface area contributed by atoms with E-state index in [1.54, 1.807) is 12.3 Å². The van der Waals surface area contributed by atoms with Crippen LogP contribution in [0.25, 0.3) is 0 Å². The van der Waals surface area contributed by atoms with Crippen molar-refractivity contribution in [3.8, 4) is 5.75 Å². The molecule has 0 aliphatic carbocycles. The minimum absolute atomic E-state index is 0.107. The van der Waals surface area contributed by atoms with Crippen LogP contribution in [0.15, 0.2) is 42.6 Å². The lowest BCUT2D eigenvalue weighted by molar-refractivity contribution is 0.180. The summed E-state index contributed by atoms with van der Waals surface area (Å²) in [6.07, 6.45) is 3.45. The minimum Gasteiger partial charge on any atom is -0.493 e. The van der Waals surface area contributed by atoms with Crippen molar-refractivity contribution < 1.29 is 17.5 Å². The third-order valence-electron chi connectivity index (χ3n) is 4.49. The highest BCUT2D eigenvalue weighted by Crippen LogP contribution is 2.23. The van der Waals surface area contributed by atoms with Gasteiger partial charge in [-0.1, -0.05) is 12.1 Å². The number of rotatable bonds is 6. The average molecular weight is 378 g/mol. The summed E-state index contributed by atoms with van der Waals surface area (Å²) in [4.78, 5) is 4.13. The van der Waals surface area contributed by atoms with Crippen molar-refractivity contribution in [2.24, 2.45) is 5.92 Å². The lowest BCUT2D eigenvalue weighted by Gasteiger charge is -2.31. The maximum atomic E-state index is 13.0. The summed E-state index contributed by atoms with van der Waals surface area (Å²) in [6.45, 7) is 3.35. The molecule has 0 bridgehead atoms. The molecule has 1 fully saturated rings. The van der Waals surface area contributed by atoms with Gasteiger partial charge in [0.25, 0.3) is 0 Å². The van der Waals surface area contributed by atoms with Gasteiger partial charge in [0.2, 0.25) is 10.0 Å². The van der Waals surface area contributed by atoms with Gasteiger partial charge in [-0.25, -0.2) is 17.1 Å². The molecule has 1 aromatic carbocycles. The maximum Gasteiger partial charge on any atom is 0.218 e. The summed E-state index contributed by atoms with van der Waals surface area (Å²) < 4.78 is 45.7. The van der Waals surface area contributed by atoms with E-state index in [2.05, 4.69) is 4.98 Å². The molecule has 1 aliphatic heterocycles. The summed E-state index contributed by atoms with van der Waals surface area (Å²) in [5.74, 6) is 0.432. The monoisotopic (exact) mass is 378 g/mol. The number of halogens is 1. The highest BCUT2D eigenvalue weighted by molar-refractivity contribution is 7.88. The second kappa shape index (κ2) is 8.14. The molecular formula is C19H23FN2O3S. The molecule has 1 unspecified atom stereocenters. The van der Waals surface area contributed by atoms with Gasteiger partial charge in [-0.05, 0) is 43.5 Å². The molecule has 7 heteroatoms. The fourth-order valence-corrected chi connectivity index (χ4v) is 4.76. The van der Waals surface area contributed by atoms with E-state index in [-0.39, 0.29) is 17.5 Å². The second-order valence-electron chi connectivity index (χ2n) is 6.69. The number of aryl methyl sites for hydroxylation is 1. The lowest BCUT2D eigenvalue weighted by Crippen LogP contribution is -2.42. The van der Waals surface area contributed by atoms with Crippen LogP contribution in [0, 0.1) is 18.7 Å². The number of piperidine rings is 1. The second-order valence-corrected chi connectivity index (χ2v) is 8.66. The molecule has 26 heavy (non-hydrogen) atoms. The van der Waals surface area contributed by atoms with Gasteiger partial charge in [0.05, 0.1) is 12.4 Å². The molecule has 2 heterocycles. The molecular weight excluding hydrogens is 355 g/mol. The Hall–Kier alpha value is -1.99. The summed E-state index contributed by atoms with van der Waals surface area (Å²) in [7, 11) is -3.43. The van der Waals surface area contributed by atoms with Crippen LogP contribution in [0.2, 0.25) is 0 Å². The first-order valence-electron chi connectivity index (χ1n) is 8.70. The van der Waals surface area contributed by atoms with Crippen LogP contribution in [0.5, 0.6) is 5.75 Å². The number of hydrogen-bond donors (Lipinski definition) is 0. The van der Waals surface area contributed by atoms with E-state index in [9.17, 15) is 12.8 Å². The van der Waals surface area contributed by atoms with Crippen LogP contribution in [0.1, 0.15) is 24.1 Å². The predicted octanol–water partition coefficient (Wildman–Crippen LogP) is 3.15. The Bertz CT molecular complexity index is 840. The quantitative estimate of drug-likeness (QED) is 0.775. The summed E-state index contributed by atoms with van der Waals surface area (Å²) in [5.41, 5.74) is 1.48. The Balaban J connectivity index is 1.59. The van der Waals surface area contributed by atoms with Gasteiger partial charge in [-0.2, -0.15) is 0 Å². The van der Waals surface area contributed by atoms with Gasteiger partial charge in [-0.15, -0.1) is 0 Å². The molecule has 0 amide bonds. The van der Waals surface area contributed by atoms with Gasteiger partial charge in [0.15, 0.2) is 0 Å². The predicted molar refractivity (Wildman–Crippen MR) is 97.8 cm³/mol. The molecule has 1 saturated heterocycles. The van der Waals surface area contributed by atoms with E-state index in [4.69, 9.17) is 4.74 Å².